The van der Waals surface area contributed by atoms with Crippen molar-refractivity contribution >= 4 is 17.2 Å². The lowest BCUT2D eigenvalue weighted by atomic mass is 9.95. The number of nitrogens with zero attached hydrogens (tertiary/aromatic N) is 3. The number of imidazole rings is 1. The van der Waals surface area contributed by atoms with Gasteiger partial charge >= 0.3 is 0 Å². The number of carbonyl (C=O) groups is 1. The van der Waals surface area contributed by atoms with E-state index in [0.717, 1.165) is 43.4 Å². The average molecular weight is 373 g/mol. The minimum absolute atomic E-state index is 0.115. The Morgan fingerprint density at radius 2 is 2.23 bits per heavy atom. The van der Waals surface area contributed by atoms with Crippen molar-refractivity contribution in [3.05, 3.63) is 40.1 Å². The number of thiophene rings is 1. The number of aryl methyl sites for hydroxylation is 1. The normalized spacial score (nSPS) is 21.0. The summed E-state index contributed by atoms with van der Waals surface area (Å²) >= 11 is 1.75. The molecular formula is C20H28N4OS. The molecule has 3 heterocycles. The molecule has 0 bridgehead atoms. The van der Waals surface area contributed by atoms with Gasteiger partial charge in [-0.15, -0.1) is 11.3 Å². The van der Waals surface area contributed by atoms with Crippen LogP contribution in [0.5, 0.6) is 0 Å². The number of carbonyl (C=O) groups excluding carboxylic acids is 1. The van der Waals surface area contributed by atoms with Gasteiger partial charge in [0.05, 0.1) is 23.6 Å². The second-order valence-corrected chi connectivity index (χ2v) is 8.74. The third kappa shape index (κ3) is 3.86. The van der Waals surface area contributed by atoms with Crippen LogP contribution in [0.25, 0.3) is 0 Å². The maximum absolute atomic E-state index is 12.9. The van der Waals surface area contributed by atoms with Crippen LogP contribution in [0, 0.1) is 5.92 Å². The van der Waals surface area contributed by atoms with E-state index in [4.69, 9.17) is 0 Å². The molecule has 4 rings (SSSR count). The molecule has 1 fully saturated rings. The fourth-order valence-corrected chi connectivity index (χ4v) is 5.18. The monoisotopic (exact) mass is 372 g/mol. The lowest BCUT2D eigenvalue weighted by Crippen LogP contribution is -2.43. The quantitative estimate of drug-likeness (QED) is 0.848. The molecule has 0 aromatic carbocycles. The summed E-state index contributed by atoms with van der Waals surface area (Å²) in [5, 5.41) is 5.25. The molecule has 2 aromatic heterocycles. The van der Waals surface area contributed by atoms with Crippen molar-refractivity contribution in [3.8, 4) is 0 Å². The van der Waals surface area contributed by atoms with Crippen LogP contribution in [0.1, 0.15) is 47.9 Å². The van der Waals surface area contributed by atoms with E-state index < -0.39 is 0 Å². The van der Waals surface area contributed by atoms with Gasteiger partial charge in [0.1, 0.15) is 0 Å². The Labute approximate surface area is 159 Å². The summed E-state index contributed by atoms with van der Waals surface area (Å²) in [5.74, 6) is 0.821. The molecule has 5 nitrogen and oxygen atoms in total. The standard InChI is InChI=1S/C20H28N4OS/c1-23-14-22-18-13-24(11-15-5-2-3-6-15)12-17(19(18)23)20(25)21-9-8-16-7-4-10-26-16/h4,7,10,14-15,17H,2-3,5-6,8-9,11-13H2,1H3,(H,21,25). The van der Waals surface area contributed by atoms with Crippen LogP contribution in [0.15, 0.2) is 23.8 Å². The number of amides is 1. The number of hydrogen-bond donors (Lipinski definition) is 1. The highest BCUT2D eigenvalue weighted by Crippen LogP contribution is 2.31. The second-order valence-electron chi connectivity index (χ2n) is 7.70. The Morgan fingerprint density at radius 3 is 3.00 bits per heavy atom. The van der Waals surface area contributed by atoms with Crippen molar-refractivity contribution in [2.24, 2.45) is 13.0 Å². The van der Waals surface area contributed by atoms with Gasteiger partial charge in [-0.25, -0.2) is 4.98 Å². The molecule has 0 saturated heterocycles. The zero-order valence-electron chi connectivity index (χ0n) is 15.5. The summed E-state index contributed by atoms with van der Waals surface area (Å²) < 4.78 is 2.03. The average Bonchev–Trinajstić information content (AvgIpc) is 3.38. The molecule has 1 aliphatic heterocycles. The predicted molar refractivity (Wildman–Crippen MR) is 104 cm³/mol. The topological polar surface area (TPSA) is 50.2 Å². The largest absolute Gasteiger partial charge is 0.355 e. The molecule has 2 aromatic rings. The van der Waals surface area contributed by atoms with E-state index >= 15 is 0 Å². The Balaban J connectivity index is 1.42. The Morgan fingerprint density at radius 1 is 1.38 bits per heavy atom. The third-order valence-electron chi connectivity index (χ3n) is 5.77. The van der Waals surface area contributed by atoms with Gasteiger partial charge in [0.25, 0.3) is 0 Å². The number of fused-ring (bicyclic) bond motifs is 1. The molecule has 1 atom stereocenters. The fourth-order valence-electron chi connectivity index (χ4n) is 4.47. The van der Waals surface area contributed by atoms with Crippen LogP contribution in [0.4, 0.5) is 0 Å². The number of nitrogens with one attached hydrogen (secondary N) is 1. The van der Waals surface area contributed by atoms with Gasteiger partial charge in [0.2, 0.25) is 5.91 Å². The summed E-state index contributed by atoms with van der Waals surface area (Å²) in [4.78, 5) is 21.3. The number of aromatic nitrogens is 2. The Hall–Kier alpha value is -1.66. The van der Waals surface area contributed by atoms with Crippen molar-refractivity contribution in [2.75, 3.05) is 19.6 Å². The molecule has 140 valence electrons. The molecule has 0 spiro atoms. The van der Waals surface area contributed by atoms with Gasteiger partial charge < -0.3 is 9.88 Å². The van der Waals surface area contributed by atoms with Gasteiger partial charge in [-0.2, -0.15) is 0 Å². The first kappa shape index (κ1) is 17.7. The van der Waals surface area contributed by atoms with Gasteiger partial charge in [-0.05, 0) is 36.6 Å². The second kappa shape index (κ2) is 7.92. The van der Waals surface area contributed by atoms with Crippen LogP contribution in [0.3, 0.4) is 0 Å². The highest BCUT2D eigenvalue weighted by atomic mass is 32.1. The van der Waals surface area contributed by atoms with Gasteiger partial charge in [-0.3, -0.25) is 9.69 Å². The Kier molecular flexibility index (Phi) is 5.41. The summed E-state index contributed by atoms with van der Waals surface area (Å²) in [7, 11) is 2.00. The van der Waals surface area contributed by atoms with Crippen molar-refractivity contribution in [1.82, 2.24) is 19.8 Å². The van der Waals surface area contributed by atoms with E-state index in [9.17, 15) is 4.79 Å². The molecule has 1 saturated carbocycles. The highest BCUT2D eigenvalue weighted by Gasteiger charge is 2.34. The van der Waals surface area contributed by atoms with E-state index in [1.54, 1.807) is 11.3 Å². The molecule has 1 aliphatic carbocycles. The SMILES string of the molecule is Cn1cnc2c1C(C(=O)NCCc1cccs1)CN(CC1CCCC1)C2. The van der Waals surface area contributed by atoms with Gasteiger partial charge in [0, 0.05) is 38.1 Å². The first-order valence-corrected chi connectivity index (χ1v) is 10.6. The first-order chi connectivity index (χ1) is 12.7. The minimum Gasteiger partial charge on any atom is -0.355 e. The van der Waals surface area contributed by atoms with Crippen molar-refractivity contribution in [1.29, 1.82) is 0 Å². The number of hydrogen-bond acceptors (Lipinski definition) is 4. The predicted octanol–water partition coefficient (Wildman–Crippen LogP) is 2.93. The lowest BCUT2D eigenvalue weighted by molar-refractivity contribution is -0.123. The summed E-state index contributed by atoms with van der Waals surface area (Å²) in [6.45, 7) is 3.50. The fraction of sp³-hybridized carbons (Fsp3) is 0.600. The number of rotatable bonds is 6. The van der Waals surface area contributed by atoms with Crippen LogP contribution in [-0.4, -0.2) is 40.0 Å². The zero-order chi connectivity index (χ0) is 17.9. The molecule has 1 unspecified atom stereocenters. The van der Waals surface area contributed by atoms with Crippen LogP contribution < -0.4 is 5.32 Å². The van der Waals surface area contributed by atoms with E-state index in [0.29, 0.717) is 6.54 Å². The first-order valence-electron chi connectivity index (χ1n) is 9.73. The molecule has 26 heavy (non-hydrogen) atoms. The van der Waals surface area contributed by atoms with Crippen LogP contribution >= 0.6 is 11.3 Å². The smallest absolute Gasteiger partial charge is 0.230 e. The van der Waals surface area contributed by atoms with Gasteiger partial charge in [-0.1, -0.05) is 18.9 Å². The van der Waals surface area contributed by atoms with Gasteiger partial charge in [0.15, 0.2) is 0 Å². The van der Waals surface area contributed by atoms with E-state index in [1.807, 2.05) is 17.9 Å². The van der Waals surface area contributed by atoms with E-state index in [1.165, 1.54) is 30.6 Å². The van der Waals surface area contributed by atoms with Crippen molar-refractivity contribution in [2.45, 2.75) is 44.6 Å². The van der Waals surface area contributed by atoms with Crippen LogP contribution in [-0.2, 0) is 24.8 Å². The highest BCUT2D eigenvalue weighted by molar-refractivity contribution is 7.09. The maximum atomic E-state index is 12.9. The van der Waals surface area contributed by atoms with E-state index in [2.05, 4.69) is 32.7 Å². The third-order valence-corrected chi connectivity index (χ3v) is 6.70. The zero-order valence-corrected chi connectivity index (χ0v) is 16.3. The lowest BCUT2D eigenvalue weighted by Gasteiger charge is -2.33. The molecule has 1 N–H and O–H groups in total. The molecule has 6 heteroatoms. The van der Waals surface area contributed by atoms with Crippen molar-refractivity contribution < 1.29 is 4.79 Å². The van der Waals surface area contributed by atoms with Crippen LogP contribution in [0.2, 0.25) is 0 Å². The maximum Gasteiger partial charge on any atom is 0.230 e. The molecule has 2 aliphatic rings. The van der Waals surface area contributed by atoms with E-state index in [-0.39, 0.29) is 11.8 Å². The summed E-state index contributed by atoms with van der Waals surface area (Å²) in [6, 6.07) is 4.19. The summed E-state index contributed by atoms with van der Waals surface area (Å²) in [5.41, 5.74) is 2.18. The molecular weight excluding hydrogens is 344 g/mol. The Bertz CT molecular complexity index is 733. The summed E-state index contributed by atoms with van der Waals surface area (Å²) in [6.07, 6.45) is 8.16. The molecule has 1 amide bonds. The van der Waals surface area contributed by atoms with Crippen molar-refractivity contribution in [3.63, 3.8) is 0 Å². The molecule has 0 radical (unpaired) electrons. The minimum atomic E-state index is -0.115.